The summed E-state index contributed by atoms with van der Waals surface area (Å²) in [6, 6.07) is 1.47. The fourth-order valence-corrected chi connectivity index (χ4v) is 0.823. The van der Waals surface area contributed by atoms with Crippen molar-refractivity contribution in [3.8, 4) is 6.07 Å². The molecule has 0 saturated heterocycles. The van der Waals surface area contributed by atoms with Crippen molar-refractivity contribution in [1.29, 1.82) is 10.8 Å². The maximum absolute atomic E-state index is 8.60. The lowest BCUT2D eigenvalue weighted by molar-refractivity contribution is -0.592. The van der Waals surface area contributed by atoms with E-state index in [0.29, 0.717) is 18.5 Å². The van der Waals surface area contributed by atoms with Crippen LogP contribution in [0.2, 0.25) is 0 Å². The minimum Gasteiger partial charge on any atom is -0.758 e. The molecule has 0 spiro atoms. The van der Waals surface area contributed by atoms with E-state index >= 15 is 0 Å². The van der Waals surface area contributed by atoms with Crippen LogP contribution in [0.5, 0.6) is 0 Å². The lowest BCUT2D eigenvalue weighted by Crippen LogP contribution is -2.21. The highest BCUT2D eigenvalue weighted by atomic mass is 15.2. The minimum atomic E-state index is -0.500. The van der Waals surface area contributed by atoms with Gasteiger partial charge in [-0.2, -0.15) is 11.1 Å². The van der Waals surface area contributed by atoms with Crippen molar-refractivity contribution in [3.63, 3.8) is 0 Å². The molecule has 4 heteroatoms. The molecule has 0 rings (SSSR count). The fourth-order valence-electron chi connectivity index (χ4n) is 0.823. The number of nitriles is 1. The van der Waals surface area contributed by atoms with E-state index in [2.05, 4.69) is 0 Å². The fraction of sp³-hybridized carbons (Fsp3) is 0.625. The van der Waals surface area contributed by atoms with Crippen LogP contribution in [0.1, 0.15) is 26.7 Å². The highest BCUT2D eigenvalue weighted by Crippen LogP contribution is 2.05. The SMILES string of the molecule is CCC(=C=[N-])[N+](=N)C(C#N)CC. The Morgan fingerprint density at radius 2 is 2.25 bits per heavy atom. The van der Waals surface area contributed by atoms with E-state index in [9.17, 15) is 0 Å². The smallest absolute Gasteiger partial charge is 0.268 e. The van der Waals surface area contributed by atoms with Gasteiger partial charge < -0.3 is 5.41 Å². The van der Waals surface area contributed by atoms with E-state index in [0.717, 1.165) is 4.70 Å². The Hall–Kier alpha value is -1.46. The van der Waals surface area contributed by atoms with Crippen molar-refractivity contribution in [3.05, 3.63) is 11.1 Å². The monoisotopic (exact) mass is 164 g/mol. The zero-order valence-electron chi connectivity index (χ0n) is 7.33. The predicted octanol–water partition coefficient (Wildman–Crippen LogP) is 1.87. The van der Waals surface area contributed by atoms with Gasteiger partial charge >= 0.3 is 0 Å². The first kappa shape index (κ1) is 10.5. The van der Waals surface area contributed by atoms with Gasteiger partial charge in [-0.3, -0.25) is 0 Å². The third-order valence-electron chi connectivity index (χ3n) is 1.60. The summed E-state index contributed by atoms with van der Waals surface area (Å²) >= 11 is 0. The lowest BCUT2D eigenvalue weighted by Gasteiger charge is -2.02. The zero-order valence-corrected chi connectivity index (χ0v) is 7.33. The highest BCUT2D eigenvalue weighted by Gasteiger charge is 2.21. The number of hydrogen-bond acceptors (Lipinski definition) is 2. The van der Waals surface area contributed by atoms with Crippen LogP contribution >= 0.6 is 0 Å². The van der Waals surface area contributed by atoms with Gasteiger partial charge in [-0.1, -0.05) is 24.1 Å². The van der Waals surface area contributed by atoms with Crippen LogP contribution in [-0.4, -0.2) is 16.6 Å². The van der Waals surface area contributed by atoms with Gasteiger partial charge in [0.15, 0.2) is 0 Å². The summed E-state index contributed by atoms with van der Waals surface area (Å²) in [5.41, 5.74) is 7.77. The highest BCUT2D eigenvalue weighted by molar-refractivity contribution is 5.57. The van der Waals surface area contributed by atoms with Crippen molar-refractivity contribution in [2.24, 2.45) is 0 Å². The van der Waals surface area contributed by atoms with Crippen LogP contribution in [0.25, 0.3) is 5.41 Å². The van der Waals surface area contributed by atoms with Gasteiger partial charge in [0.2, 0.25) is 5.70 Å². The van der Waals surface area contributed by atoms with Crippen molar-refractivity contribution in [2.75, 3.05) is 0 Å². The van der Waals surface area contributed by atoms with Crippen molar-refractivity contribution in [2.45, 2.75) is 32.7 Å². The van der Waals surface area contributed by atoms with Crippen molar-refractivity contribution in [1.82, 2.24) is 0 Å². The first-order chi connectivity index (χ1) is 5.71. The molecule has 4 nitrogen and oxygen atoms in total. The number of allylic oxidation sites excluding steroid dienone is 1. The first-order valence-corrected chi connectivity index (χ1v) is 3.87. The number of nitrogens with zero attached hydrogens (tertiary/aromatic N) is 3. The van der Waals surface area contributed by atoms with Crippen molar-refractivity contribution < 1.29 is 4.70 Å². The molecule has 1 N–H and O–H groups in total. The average molecular weight is 164 g/mol. The Balaban J connectivity index is 4.59. The van der Waals surface area contributed by atoms with Crippen LogP contribution < -0.4 is 0 Å². The molecule has 0 aliphatic heterocycles. The Morgan fingerprint density at radius 1 is 1.67 bits per heavy atom. The summed E-state index contributed by atoms with van der Waals surface area (Å²) in [5, 5.41) is 17.2. The van der Waals surface area contributed by atoms with Crippen LogP contribution in [0, 0.1) is 16.9 Å². The van der Waals surface area contributed by atoms with Crippen LogP contribution in [0.4, 0.5) is 0 Å². The molecule has 0 saturated carbocycles. The topological polar surface area (TPSA) is 73.0 Å². The Kier molecular flexibility index (Phi) is 4.59. The minimum absolute atomic E-state index is 0.336. The second kappa shape index (κ2) is 5.22. The number of hydrogen-bond donors (Lipinski definition) is 1. The normalized spacial score (nSPS) is 11.1. The molecule has 12 heavy (non-hydrogen) atoms. The van der Waals surface area contributed by atoms with Gasteiger partial charge in [0.25, 0.3) is 6.04 Å². The molecule has 0 bridgehead atoms. The van der Waals surface area contributed by atoms with E-state index in [1.807, 2.05) is 18.9 Å². The summed E-state index contributed by atoms with van der Waals surface area (Å²) in [5.74, 6) is 1.90. The second-order valence-corrected chi connectivity index (χ2v) is 2.34. The maximum Gasteiger partial charge on any atom is 0.268 e. The third kappa shape index (κ3) is 2.30. The number of rotatable bonds is 4. The van der Waals surface area contributed by atoms with E-state index in [-0.39, 0.29) is 0 Å². The third-order valence-corrected chi connectivity index (χ3v) is 1.60. The van der Waals surface area contributed by atoms with Gasteiger partial charge in [0.05, 0.1) is 0 Å². The first-order valence-electron chi connectivity index (χ1n) is 3.87. The van der Waals surface area contributed by atoms with Crippen LogP contribution in [-0.2, 0) is 0 Å². The Labute approximate surface area is 72.1 Å². The number of nitrogens with one attached hydrogen (secondary N) is 1. The summed E-state index contributed by atoms with van der Waals surface area (Å²) in [6.07, 6.45) is 1.06. The molecule has 0 aromatic carbocycles. The summed E-state index contributed by atoms with van der Waals surface area (Å²) in [6.45, 7) is 3.62. The molecular weight excluding hydrogens is 152 g/mol. The Bertz CT molecular complexity index is 255. The molecule has 64 valence electrons. The molecule has 0 aliphatic rings. The molecule has 0 aromatic heterocycles. The van der Waals surface area contributed by atoms with Crippen molar-refractivity contribution >= 4 is 5.87 Å². The molecule has 0 fully saturated rings. The maximum atomic E-state index is 8.60. The molecule has 0 aromatic rings. The lowest BCUT2D eigenvalue weighted by atomic mass is 10.2. The van der Waals surface area contributed by atoms with Crippen LogP contribution in [0.3, 0.4) is 0 Å². The average Bonchev–Trinajstić information content (AvgIpc) is 2.09. The largest absolute Gasteiger partial charge is 0.758 e. The Morgan fingerprint density at radius 3 is 2.50 bits per heavy atom. The standard InChI is InChI=1S/C8H12N4/c1-3-7(5-9)12(11)8(4-2)6-10/h7,11H,3-4H2,1-2H3. The molecule has 1 atom stereocenters. The summed E-state index contributed by atoms with van der Waals surface area (Å²) in [7, 11) is 0. The van der Waals surface area contributed by atoms with E-state index in [4.69, 9.17) is 16.2 Å². The van der Waals surface area contributed by atoms with Gasteiger partial charge in [-0.15, -0.1) is 0 Å². The van der Waals surface area contributed by atoms with E-state index < -0.39 is 6.04 Å². The summed E-state index contributed by atoms with van der Waals surface area (Å²) < 4.78 is 1.00. The van der Waals surface area contributed by atoms with E-state index in [1.165, 1.54) is 0 Å². The summed E-state index contributed by atoms with van der Waals surface area (Å²) in [4.78, 5) is 0. The zero-order chi connectivity index (χ0) is 9.56. The molecular formula is C8H12N4. The van der Waals surface area contributed by atoms with Gasteiger partial charge in [-0.25, -0.2) is 0 Å². The quantitative estimate of drug-likeness (QED) is 0.384. The molecule has 0 amide bonds. The molecule has 1 unspecified atom stereocenters. The molecule has 0 aliphatic carbocycles. The van der Waals surface area contributed by atoms with Gasteiger partial charge in [0, 0.05) is 12.8 Å². The van der Waals surface area contributed by atoms with E-state index in [1.54, 1.807) is 6.92 Å². The molecule has 0 radical (unpaired) electrons. The van der Waals surface area contributed by atoms with Gasteiger partial charge in [-0.05, 0) is 0 Å². The molecule has 0 heterocycles. The van der Waals surface area contributed by atoms with Gasteiger partial charge in [0.1, 0.15) is 6.07 Å². The predicted molar refractivity (Wildman–Crippen MR) is 44.8 cm³/mol. The van der Waals surface area contributed by atoms with Crippen LogP contribution in [0.15, 0.2) is 5.70 Å². The second-order valence-electron chi connectivity index (χ2n) is 2.34.